The number of rotatable bonds is 5. The summed E-state index contributed by atoms with van der Waals surface area (Å²) in [6.45, 7) is 3.20. The molecule has 1 aromatic rings. The lowest BCUT2D eigenvalue weighted by molar-refractivity contribution is 0.00458. The van der Waals surface area contributed by atoms with Gasteiger partial charge < -0.3 is 15.0 Å². The van der Waals surface area contributed by atoms with Crippen molar-refractivity contribution in [1.29, 1.82) is 0 Å². The van der Waals surface area contributed by atoms with E-state index in [-0.39, 0.29) is 12.1 Å². The minimum Gasteiger partial charge on any atom is -0.377 e. The molecule has 1 aromatic heterocycles. The van der Waals surface area contributed by atoms with Crippen molar-refractivity contribution >= 4 is 6.03 Å². The largest absolute Gasteiger partial charge is 0.377 e. The van der Waals surface area contributed by atoms with Crippen molar-refractivity contribution in [3.8, 4) is 0 Å². The average molecular weight is 306 g/mol. The SMILES string of the molecule is O=C(NCc1nnnn1CC1CC1)N1CCOCC1C1CC1. The monoisotopic (exact) mass is 306 g/mol. The summed E-state index contributed by atoms with van der Waals surface area (Å²) in [6, 6.07) is 0.206. The van der Waals surface area contributed by atoms with Crippen LogP contribution in [0, 0.1) is 11.8 Å². The van der Waals surface area contributed by atoms with E-state index in [4.69, 9.17) is 4.74 Å². The van der Waals surface area contributed by atoms with Crippen LogP contribution >= 0.6 is 0 Å². The summed E-state index contributed by atoms with van der Waals surface area (Å²) >= 11 is 0. The van der Waals surface area contributed by atoms with E-state index >= 15 is 0 Å². The maximum absolute atomic E-state index is 12.5. The maximum Gasteiger partial charge on any atom is 0.318 e. The number of hydrogen-bond acceptors (Lipinski definition) is 5. The van der Waals surface area contributed by atoms with Crippen LogP contribution in [0.1, 0.15) is 31.5 Å². The molecule has 0 bridgehead atoms. The van der Waals surface area contributed by atoms with Crippen molar-refractivity contribution in [2.24, 2.45) is 11.8 Å². The summed E-state index contributed by atoms with van der Waals surface area (Å²) in [7, 11) is 0. The second kappa shape index (κ2) is 5.83. The molecular weight excluding hydrogens is 284 g/mol. The lowest BCUT2D eigenvalue weighted by Crippen LogP contribution is -2.53. The van der Waals surface area contributed by atoms with Gasteiger partial charge in [-0.15, -0.1) is 5.10 Å². The molecule has 8 heteroatoms. The molecule has 120 valence electrons. The molecule has 1 aliphatic heterocycles. The van der Waals surface area contributed by atoms with Crippen LogP contribution in [-0.2, 0) is 17.8 Å². The van der Waals surface area contributed by atoms with E-state index in [1.165, 1.54) is 25.7 Å². The second-order valence-corrected chi connectivity index (χ2v) is 6.55. The van der Waals surface area contributed by atoms with Crippen molar-refractivity contribution in [2.75, 3.05) is 19.8 Å². The van der Waals surface area contributed by atoms with Crippen molar-refractivity contribution in [1.82, 2.24) is 30.4 Å². The number of carbonyl (C=O) groups excluding carboxylic acids is 1. The number of carbonyl (C=O) groups is 1. The van der Waals surface area contributed by atoms with Crippen LogP contribution in [0.5, 0.6) is 0 Å². The van der Waals surface area contributed by atoms with Crippen LogP contribution < -0.4 is 5.32 Å². The third-order valence-corrected chi connectivity index (χ3v) is 4.72. The van der Waals surface area contributed by atoms with E-state index in [9.17, 15) is 4.79 Å². The highest BCUT2D eigenvalue weighted by Crippen LogP contribution is 2.36. The van der Waals surface area contributed by atoms with Gasteiger partial charge in [0, 0.05) is 13.1 Å². The van der Waals surface area contributed by atoms with Gasteiger partial charge in [-0.2, -0.15) is 0 Å². The molecule has 2 amide bonds. The summed E-state index contributed by atoms with van der Waals surface area (Å²) in [5, 5.41) is 14.7. The van der Waals surface area contributed by atoms with E-state index in [0.29, 0.717) is 38.1 Å². The van der Waals surface area contributed by atoms with E-state index in [1.807, 2.05) is 9.58 Å². The molecule has 0 radical (unpaired) electrons. The van der Waals surface area contributed by atoms with Crippen LogP contribution in [-0.4, -0.2) is 56.9 Å². The number of tetrazole rings is 1. The number of urea groups is 1. The van der Waals surface area contributed by atoms with Crippen LogP contribution in [0.25, 0.3) is 0 Å². The van der Waals surface area contributed by atoms with Gasteiger partial charge >= 0.3 is 6.03 Å². The molecule has 1 atom stereocenters. The Bertz CT molecular complexity index is 539. The van der Waals surface area contributed by atoms with Gasteiger partial charge in [-0.05, 0) is 47.9 Å². The standard InChI is InChI=1S/C14H22N6O2/c21-14(19-5-6-22-9-12(19)11-3-4-11)15-7-13-16-17-18-20(13)8-10-1-2-10/h10-12H,1-9H2,(H,15,21). The number of amides is 2. The molecule has 3 aliphatic rings. The lowest BCUT2D eigenvalue weighted by Gasteiger charge is -2.35. The topological polar surface area (TPSA) is 85.2 Å². The summed E-state index contributed by atoms with van der Waals surface area (Å²) < 4.78 is 7.34. The quantitative estimate of drug-likeness (QED) is 0.851. The van der Waals surface area contributed by atoms with Crippen LogP contribution in [0.2, 0.25) is 0 Å². The van der Waals surface area contributed by atoms with Crippen LogP contribution in [0.15, 0.2) is 0 Å². The first kappa shape index (κ1) is 13.9. The zero-order valence-corrected chi connectivity index (χ0v) is 12.6. The first-order valence-electron chi connectivity index (χ1n) is 8.18. The Labute approximate surface area is 129 Å². The fourth-order valence-electron chi connectivity index (χ4n) is 3.04. The molecule has 2 heterocycles. The van der Waals surface area contributed by atoms with Gasteiger partial charge in [0.15, 0.2) is 5.82 Å². The highest BCUT2D eigenvalue weighted by atomic mass is 16.5. The van der Waals surface area contributed by atoms with Gasteiger partial charge in [0.1, 0.15) is 0 Å². The predicted octanol–water partition coefficient (Wildman–Crippen LogP) is 0.403. The van der Waals surface area contributed by atoms with Gasteiger partial charge in [0.2, 0.25) is 0 Å². The Morgan fingerprint density at radius 1 is 1.32 bits per heavy atom. The second-order valence-electron chi connectivity index (χ2n) is 6.55. The predicted molar refractivity (Wildman–Crippen MR) is 76.8 cm³/mol. The van der Waals surface area contributed by atoms with Gasteiger partial charge in [-0.3, -0.25) is 0 Å². The smallest absolute Gasteiger partial charge is 0.318 e. The molecular formula is C14H22N6O2. The van der Waals surface area contributed by atoms with E-state index in [0.717, 1.165) is 12.4 Å². The molecule has 0 aromatic carbocycles. The average Bonchev–Trinajstić information content (AvgIpc) is 3.44. The van der Waals surface area contributed by atoms with Gasteiger partial charge in [0.05, 0.1) is 25.8 Å². The fourth-order valence-corrected chi connectivity index (χ4v) is 3.04. The highest BCUT2D eigenvalue weighted by Gasteiger charge is 2.39. The Kier molecular flexibility index (Phi) is 3.69. The number of aromatic nitrogens is 4. The first-order chi connectivity index (χ1) is 10.8. The summed E-state index contributed by atoms with van der Waals surface area (Å²) in [5.74, 6) is 2.05. The molecule has 2 aliphatic carbocycles. The third kappa shape index (κ3) is 3.06. The highest BCUT2D eigenvalue weighted by molar-refractivity contribution is 5.74. The lowest BCUT2D eigenvalue weighted by atomic mass is 10.1. The Hall–Kier alpha value is -1.70. The maximum atomic E-state index is 12.5. The molecule has 4 rings (SSSR count). The minimum absolute atomic E-state index is 0.0267. The van der Waals surface area contributed by atoms with Gasteiger partial charge in [-0.25, -0.2) is 9.48 Å². The molecule has 1 N–H and O–H groups in total. The molecule has 2 saturated carbocycles. The van der Waals surface area contributed by atoms with Gasteiger partial charge in [0.25, 0.3) is 0 Å². The molecule has 1 saturated heterocycles. The number of morpholine rings is 1. The Morgan fingerprint density at radius 3 is 2.95 bits per heavy atom. The molecule has 1 unspecified atom stereocenters. The first-order valence-corrected chi connectivity index (χ1v) is 8.18. The zero-order valence-electron chi connectivity index (χ0n) is 12.6. The van der Waals surface area contributed by atoms with Crippen LogP contribution in [0.3, 0.4) is 0 Å². The molecule has 8 nitrogen and oxygen atoms in total. The molecule has 22 heavy (non-hydrogen) atoms. The summed E-state index contributed by atoms with van der Waals surface area (Å²) in [4.78, 5) is 14.4. The Morgan fingerprint density at radius 2 is 2.18 bits per heavy atom. The van der Waals surface area contributed by atoms with E-state index in [2.05, 4.69) is 20.8 Å². The number of hydrogen-bond donors (Lipinski definition) is 1. The molecule has 3 fully saturated rings. The van der Waals surface area contributed by atoms with Crippen molar-refractivity contribution < 1.29 is 9.53 Å². The molecule has 0 spiro atoms. The zero-order chi connectivity index (χ0) is 14.9. The van der Waals surface area contributed by atoms with E-state index in [1.54, 1.807) is 0 Å². The third-order valence-electron chi connectivity index (χ3n) is 4.72. The fraction of sp³-hybridized carbons (Fsp3) is 0.857. The van der Waals surface area contributed by atoms with E-state index < -0.39 is 0 Å². The Balaban J connectivity index is 1.34. The normalized spacial score (nSPS) is 25.3. The van der Waals surface area contributed by atoms with Crippen LogP contribution in [0.4, 0.5) is 4.79 Å². The number of nitrogens with one attached hydrogen (secondary N) is 1. The van der Waals surface area contributed by atoms with Gasteiger partial charge in [-0.1, -0.05) is 0 Å². The number of ether oxygens (including phenoxy) is 1. The number of nitrogens with zero attached hydrogens (tertiary/aromatic N) is 5. The van der Waals surface area contributed by atoms with Crippen molar-refractivity contribution in [3.63, 3.8) is 0 Å². The van der Waals surface area contributed by atoms with Crippen molar-refractivity contribution in [3.05, 3.63) is 5.82 Å². The minimum atomic E-state index is -0.0267. The summed E-state index contributed by atoms with van der Waals surface area (Å²) in [5.41, 5.74) is 0. The van der Waals surface area contributed by atoms with Crippen molar-refractivity contribution in [2.45, 2.75) is 44.8 Å². The summed E-state index contributed by atoms with van der Waals surface area (Å²) in [6.07, 6.45) is 4.92.